The van der Waals surface area contributed by atoms with Crippen LogP contribution in [0.1, 0.15) is 44.9 Å². The highest BCUT2D eigenvalue weighted by Gasteiger charge is 2.29. The number of likely N-dealkylation sites (tertiary alicyclic amines) is 1. The van der Waals surface area contributed by atoms with Gasteiger partial charge in [0.25, 0.3) is 0 Å². The Morgan fingerprint density at radius 2 is 1.70 bits per heavy atom. The van der Waals surface area contributed by atoms with Gasteiger partial charge in [0.2, 0.25) is 21.8 Å². The number of piperidine rings is 1. The number of amides is 2. The number of hydrogen-bond donors (Lipinski definition) is 1. The summed E-state index contributed by atoms with van der Waals surface area (Å²) >= 11 is 0. The molecule has 148 valence electrons. The summed E-state index contributed by atoms with van der Waals surface area (Å²) in [5.74, 6) is -0.844. The standard InChI is InChI=1S/C17H24N4O5S/c22-15-3-1-4-16(23)21(15)11-12-27(24,25)20-13-5-7-14(8-6-13)26-17-18-9-2-10-19-17/h2,9-10,13-14,20H,1,3-8,11-12H2. The number of hydrogen-bond acceptors (Lipinski definition) is 7. The van der Waals surface area contributed by atoms with Gasteiger partial charge in [0.05, 0.1) is 5.75 Å². The number of sulfonamides is 1. The van der Waals surface area contributed by atoms with Crippen molar-refractivity contribution in [2.75, 3.05) is 12.3 Å². The number of imide groups is 1. The summed E-state index contributed by atoms with van der Waals surface area (Å²) in [7, 11) is -3.57. The third kappa shape index (κ3) is 5.70. The van der Waals surface area contributed by atoms with Crippen LogP contribution in [0.25, 0.3) is 0 Å². The first-order chi connectivity index (χ1) is 12.9. The van der Waals surface area contributed by atoms with E-state index >= 15 is 0 Å². The third-order valence-corrected chi connectivity index (χ3v) is 6.21. The topological polar surface area (TPSA) is 119 Å². The fraction of sp³-hybridized carbons (Fsp3) is 0.647. The Bertz CT molecular complexity index is 747. The number of rotatable bonds is 7. The second-order valence-electron chi connectivity index (χ2n) is 6.85. The van der Waals surface area contributed by atoms with Gasteiger partial charge in [0.15, 0.2) is 0 Å². The van der Waals surface area contributed by atoms with Crippen LogP contribution in [0, 0.1) is 0 Å². The molecule has 1 N–H and O–H groups in total. The van der Waals surface area contributed by atoms with Crippen molar-refractivity contribution < 1.29 is 22.7 Å². The summed E-state index contributed by atoms with van der Waals surface area (Å²) in [6.45, 7) is -0.0865. The molecule has 2 fully saturated rings. The van der Waals surface area contributed by atoms with Crippen LogP contribution in [0.2, 0.25) is 0 Å². The summed E-state index contributed by atoms with van der Waals surface area (Å²) in [6, 6.07) is 1.88. The third-order valence-electron chi connectivity index (χ3n) is 4.80. The Morgan fingerprint density at radius 3 is 2.33 bits per heavy atom. The smallest absolute Gasteiger partial charge is 0.316 e. The molecule has 0 unspecified atom stereocenters. The van der Waals surface area contributed by atoms with Crippen LogP contribution < -0.4 is 9.46 Å². The molecule has 1 aliphatic carbocycles. The molecule has 1 aliphatic heterocycles. The first-order valence-electron chi connectivity index (χ1n) is 9.20. The quantitative estimate of drug-likeness (QED) is 0.671. The molecular weight excluding hydrogens is 372 g/mol. The Morgan fingerprint density at radius 1 is 1.07 bits per heavy atom. The van der Waals surface area contributed by atoms with E-state index in [4.69, 9.17) is 4.74 Å². The first-order valence-corrected chi connectivity index (χ1v) is 10.8. The molecular formula is C17H24N4O5S. The van der Waals surface area contributed by atoms with Crippen molar-refractivity contribution in [3.8, 4) is 6.01 Å². The van der Waals surface area contributed by atoms with Gasteiger partial charge in [-0.05, 0) is 38.2 Å². The van der Waals surface area contributed by atoms with E-state index in [-0.39, 0.29) is 36.3 Å². The lowest BCUT2D eigenvalue weighted by atomic mass is 9.94. The fourth-order valence-corrected chi connectivity index (χ4v) is 4.65. The molecule has 1 aromatic heterocycles. The Balaban J connectivity index is 1.43. The second-order valence-corrected chi connectivity index (χ2v) is 8.73. The molecule has 0 atom stereocenters. The Labute approximate surface area is 158 Å². The second kappa shape index (κ2) is 8.75. The summed E-state index contributed by atoms with van der Waals surface area (Å²) in [5.41, 5.74) is 0. The zero-order valence-corrected chi connectivity index (χ0v) is 15.9. The maximum atomic E-state index is 12.3. The van der Waals surface area contributed by atoms with E-state index in [1.54, 1.807) is 18.5 Å². The summed E-state index contributed by atoms with van der Waals surface area (Å²) in [5, 5.41) is 0. The number of ether oxygens (including phenoxy) is 1. The molecule has 2 aliphatic rings. The largest absolute Gasteiger partial charge is 0.460 e. The van der Waals surface area contributed by atoms with Crippen molar-refractivity contribution in [3.05, 3.63) is 18.5 Å². The molecule has 1 saturated carbocycles. The zero-order valence-electron chi connectivity index (χ0n) is 15.0. The highest BCUT2D eigenvalue weighted by atomic mass is 32.2. The Hall–Kier alpha value is -2.07. The predicted molar refractivity (Wildman–Crippen MR) is 96.2 cm³/mol. The molecule has 10 heteroatoms. The van der Waals surface area contributed by atoms with Gasteiger partial charge >= 0.3 is 6.01 Å². The number of nitrogens with one attached hydrogen (secondary N) is 1. The van der Waals surface area contributed by atoms with Gasteiger partial charge in [0.1, 0.15) is 6.10 Å². The van der Waals surface area contributed by atoms with E-state index in [0.717, 1.165) is 4.90 Å². The van der Waals surface area contributed by atoms with Gasteiger partial charge in [-0.3, -0.25) is 14.5 Å². The van der Waals surface area contributed by atoms with E-state index in [0.29, 0.717) is 51.0 Å². The normalized spacial score (nSPS) is 24.1. The van der Waals surface area contributed by atoms with Crippen LogP contribution in [-0.2, 0) is 19.6 Å². The molecule has 0 spiro atoms. The van der Waals surface area contributed by atoms with E-state index in [1.165, 1.54) is 0 Å². The average Bonchev–Trinajstić information content (AvgIpc) is 2.63. The number of aromatic nitrogens is 2. The minimum Gasteiger partial charge on any atom is -0.460 e. The monoisotopic (exact) mass is 396 g/mol. The van der Waals surface area contributed by atoms with Crippen LogP contribution in [0.5, 0.6) is 6.01 Å². The van der Waals surface area contributed by atoms with Crippen LogP contribution in [0.15, 0.2) is 18.5 Å². The van der Waals surface area contributed by atoms with Crippen LogP contribution in [-0.4, -0.2) is 59.5 Å². The molecule has 9 nitrogen and oxygen atoms in total. The lowest BCUT2D eigenvalue weighted by molar-refractivity contribution is -0.147. The molecule has 27 heavy (non-hydrogen) atoms. The molecule has 2 amide bonds. The highest BCUT2D eigenvalue weighted by Crippen LogP contribution is 2.22. The van der Waals surface area contributed by atoms with Gasteiger partial charge < -0.3 is 4.74 Å². The van der Waals surface area contributed by atoms with Gasteiger partial charge in [0, 0.05) is 37.8 Å². The predicted octanol–water partition coefficient (Wildman–Crippen LogP) is 0.625. The number of carbonyl (C=O) groups excluding carboxylic acids is 2. The van der Waals surface area contributed by atoms with Crippen molar-refractivity contribution in [2.24, 2.45) is 0 Å². The fourth-order valence-electron chi connectivity index (χ4n) is 3.37. The Kier molecular flexibility index (Phi) is 6.38. The first kappa shape index (κ1) is 19.7. The zero-order chi connectivity index (χ0) is 19.3. The van der Waals surface area contributed by atoms with E-state index in [9.17, 15) is 18.0 Å². The molecule has 2 heterocycles. The molecule has 0 aromatic carbocycles. The van der Waals surface area contributed by atoms with Crippen molar-refractivity contribution >= 4 is 21.8 Å². The average molecular weight is 396 g/mol. The van der Waals surface area contributed by atoms with Gasteiger partial charge in [-0.2, -0.15) is 0 Å². The highest BCUT2D eigenvalue weighted by molar-refractivity contribution is 7.89. The van der Waals surface area contributed by atoms with Crippen LogP contribution in [0.4, 0.5) is 0 Å². The minimum absolute atomic E-state index is 0.0308. The van der Waals surface area contributed by atoms with Gasteiger partial charge in [-0.25, -0.2) is 23.1 Å². The van der Waals surface area contributed by atoms with Gasteiger partial charge in [-0.1, -0.05) is 0 Å². The van der Waals surface area contributed by atoms with E-state index in [2.05, 4.69) is 14.7 Å². The molecule has 1 saturated heterocycles. The van der Waals surface area contributed by atoms with Crippen LogP contribution >= 0.6 is 0 Å². The van der Waals surface area contributed by atoms with Crippen molar-refractivity contribution in [3.63, 3.8) is 0 Å². The molecule has 0 radical (unpaired) electrons. The van der Waals surface area contributed by atoms with Crippen molar-refractivity contribution in [1.29, 1.82) is 0 Å². The SMILES string of the molecule is O=C1CCCC(=O)N1CCS(=O)(=O)NC1CCC(Oc2ncccn2)CC1. The summed E-state index contributed by atoms with van der Waals surface area (Å²) < 4.78 is 33.0. The minimum atomic E-state index is -3.57. The lowest BCUT2D eigenvalue weighted by Crippen LogP contribution is -2.46. The van der Waals surface area contributed by atoms with Crippen molar-refractivity contribution in [1.82, 2.24) is 19.6 Å². The molecule has 0 bridgehead atoms. The lowest BCUT2D eigenvalue weighted by Gasteiger charge is -2.29. The maximum Gasteiger partial charge on any atom is 0.316 e. The molecule has 1 aromatic rings. The van der Waals surface area contributed by atoms with E-state index in [1.807, 2.05) is 0 Å². The van der Waals surface area contributed by atoms with Crippen molar-refractivity contribution in [2.45, 2.75) is 57.1 Å². The van der Waals surface area contributed by atoms with Gasteiger partial charge in [-0.15, -0.1) is 0 Å². The number of carbonyl (C=O) groups is 2. The van der Waals surface area contributed by atoms with Crippen LogP contribution in [0.3, 0.4) is 0 Å². The number of nitrogens with zero attached hydrogens (tertiary/aromatic N) is 3. The molecule has 3 rings (SSSR count). The maximum absolute atomic E-state index is 12.3. The summed E-state index contributed by atoms with van der Waals surface area (Å²) in [4.78, 5) is 32.6. The summed E-state index contributed by atoms with van der Waals surface area (Å²) in [6.07, 6.45) is 7.04. The van der Waals surface area contributed by atoms with E-state index < -0.39 is 10.0 Å².